The van der Waals surface area contributed by atoms with Crippen LogP contribution in [0.2, 0.25) is 0 Å². The summed E-state index contributed by atoms with van der Waals surface area (Å²) in [6.07, 6.45) is 51.4. The maximum atomic E-state index is 12.7. The monoisotopic (exact) mass is 873 g/mol. The van der Waals surface area contributed by atoms with Crippen molar-refractivity contribution >= 4 is 13.8 Å². The quantitative estimate of drug-likeness (QED) is 0.0237. The van der Waals surface area contributed by atoms with Gasteiger partial charge in [-0.2, -0.15) is 0 Å². The molecule has 0 amide bonds. The van der Waals surface area contributed by atoms with Crippen molar-refractivity contribution < 1.29 is 43.0 Å². The Morgan fingerprint density at radius 3 is 1.37 bits per heavy atom. The number of hydrogen-bond acceptors (Lipinski definition) is 8. The standard InChI is InChI=1S/C50H97O9P/c1-3-5-7-9-11-13-15-17-19-21-22-23-24-25-27-29-31-33-35-37-39-41-43-56-46-49(47-58-60(54,55)57-45-48(52)44-51)59-50(53)42-40-38-36-34-32-30-28-26-20-18-16-14-12-10-8-6-4-2/h12,14,18,20,48-49,51-52H,3-11,13,15-17,19,21-47H2,1-2H3,(H,54,55)/b14-12-,20-18-. The molecule has 10 heteroatoms. The first-order valence-electron chi connectivity index (χ1n) is 25.3. The fourth-order valence-electron chi connectivity index (χ4n) is 7.27. The predicted molar refractivity (Wildman–Crippen MR) is 251 cm³/mol. The second kappa shape index (κ2) is 47.4. The Bertz CT molecular complexity index is 991. The van der Waals surface area contributed by atoms with Crippen LogP contribution in [0.25, 0.3) is 0 Å². The molecule has 0 radical (unpaired) electrons. The zero-order valence-corrected chi connectivity index (χ0v) is 40.1. The summed E-state index contributed by atoms with van der Waals surface area (Å²) >= 11 is 0. The van der Waals surface area contributed by atoms with E-state index in [2.05, 4.69) is 38.2 Å². The van der Waals surface area contributed by atoms with Crippen molar-refractivity contribution in [1.82, 2.24) is 0 Å². The zero-order chi connectivity index (χ0) is 43.9. The third-order valence-corrected chi connectivity index (χ3v) is 12.1. The molecule has 0 saturated heterocycles. The molecule has 0 bridgehead atoms. The van der Waals surface area contributed by atoms with Gasteiger partial charge in [-0.05, 0) is 44.9 Å². The molecule has 0 aromatic rings. The summed E-state index contributed by atoms with van der Waals surface area (Å²) in [5.41, 5.74) is 0. The largest absolute Gasteiger partial charge is 0.472 e. The number of carbonyl (C=O) groups excluding carboxylic acids is 1. The van der Waals surface area contributed by atoms with Gasteiger partial charge in [-0.25, -0.2) is 4.57 Å². The topological polar surface area (TPSA) is 132 Å². The number of allylic oxidation sites excluding steroid dienone is 4. The summed E-state index contributed by atoms with van der Waals surface area (Å²) < 4.78 is 33.5. The van der Waals surface area contributed by atoms with Crippen molar-refractivity contribution in [2.75, 3.05) is 33.0 Å². The fourth-order valence-corrected chi connectivity index (χ4v) is 8.06. The van der Waals surface area contributed by atoms with Gasteiger partial charge in [0.2, 0.25) is 0 Å². The second-order valence-electron chi connectivity index (χ2n) is 17.2. The second-order valence-corrected chi connectivity index (χ2v) is 18.6. The summed E-state index contributed by atoms with van der Waals surface area (Å²) in [4.78, 5) is 22.7. The van der Waals surface area contributed by atoms with Gasteiger partial charge < -0.3 is 24.6 Å². The van der Waals surface area contributed by atoms with E-state index in [-0.39, 0.29) is 25.6 Å². The van der Waals surface area contributed by atoms with Gasteiger partial charge >= 0.3 is 13.8 Å². The number of carbonyl (C=O) groups is 1. The molecule has 0 aliphatic rings. The van der Waals surface area contributed by atoms with Gasteiger partial charge in [-0.1, -0.05) is 218 Å². The molecule has 9 nitrogen and oxygen atoms in total. The van der Waals surface area contributed by atoms with Crippen LogP contribution in [0.1, 0.15) is 245 Å². The van der Waals surface area contributed by atoms with Gasteiger partial charge in [-0.3, -0.25) is 13.8 Å². The lowest BCUT2D eigenvalue weighted by Crippen LogP contribution is -2.29. The highest BCUT2D eigenvalue weighted by Crippen LogP contribution is 2.43. The first-order valence-corrected chi connectivity index (χ1v) is 26.8. The Labute approximate surface area is 370 Å². The Kier molecular flexibility index (Phi) is 46.6. The van der Waals surface area contributed by atoms with E-state index < -0.39 is 33.2 Å². The third-order valence-electron chi connectivity index (χ3n) is 11.1. The average molecular weight is 873 g/mol. The lowest BCUT2D eigenvalue weighted by atomic mass is 10.0. The van der Waals surface area contributed by atoms with Crippen molar-refractivity contribution in [3.63, 3.8) is 0 Å². The Balaban J connectivity index is 4.04. The molecule has 0 saturated carbocycles. The zero-order valence-electron chi connectivity index (χ0n) is 39.2. The summed E-state index contributed by atoms with van der Waals surface area (Å²) in [6, 6.07) is 0. The number of ether oxygens (including phenoxy) is 2. The van der Waals surface area contributed by atoms with Gasteiger partial charge in [-0.15, -0.1) is 0 Å². The molecule has 3 N–H and O–H groups in total. The van der Waals surface area contributed by atoms with Crippen LogP contribution >= 0.6 is 7.82 Å². The van der Waals surface area contributed by atoms with Gasteiger partial charge in [0.1, 0.15) is 12.2 Å². The summed E-state index contributed by atoms with van der Waals surface area (Å²) in [5.74, 6) is -0.386. The predicted octanol–water partition coefficient (Wildman–Crippen LogP) is 14.6. The fraction of sp³-hybridized carbons (Fsp3) is 0.900. The SMILES string of the molecule is CCCCC/C=C\C/C=C\CCCCCCCCCC(=O)OC(COCCCCCCCCCCCCCCCCCCCCCCCC)COP(=O)(O)OCC(O)CO. The van der Waals surface area contributed by atoms with Crippen LogP contribution in [0.4, 0.5) is 0 Å². The van der Waals surface area contributed by atoms with E-state index in [1.165, 1.54) is 173 Å². The number of rotatable bonds is 49. The number of phosphoric acid groups is 1. The minimum absolute atomic E-state index is 0.0508. The first-order chi connectivity index (χ1) is 29.3. The van der Waals surface area contributed by atoms with Crippen molar-refractivity contribution in [2.24, 2.45) is 0 Å². The molecule has 3 unspecified atom stereocenters. The molecule has 60 heavy (non-hydrogen) atoms. The highest BCUT2D eigenvalue weighted by atomic mass is 31.2. The lowest BCUT2D eigenvalue weighted by Gasteiger charge is -2.20. The van der Waals surface area contributed by atoms with E-state index in [0.29, 0.717) is 6.61 Å². The number of esters is 1. The van der Waals surface area contributed by atoms with Gasteiger partial charge in [0.05, 0.1) is 26.4 Å². The van der Waals surface area contributed by atoms with Crippen molar-refractivity contribution in [2.45, 2.75) is 257 Å². The maximum Gasteiger partial charge on any atom is 0.472 e. The minimum atomic E-state index is -4.52. The van der Waals surface area contributed by atoms with Crippen LogP contribution in [0.5, 0.6) is 0 Å². The molecule has 356 valence electrons. The van der Waals surface area contributed by atoms with E-state index in [9.17, 15) is 19.4 Å². The van der Waals surface area contributed by atoms with Crippen LogP contribution in [0.3, 0.4) is 0 Å². The number of aliphatic hydroxyl groups excluding tert-OH is 2. The highest BCUT2D eigenvalue weighted by molar-refractivity contribution is 7.47. The molecular formula is C50H97O9P. The highest BCUT2D eigenvalue weighted by Gasteiger charge is 2.26. The average Bonchev–Trinajstić information content (AvgIpc) is 3.24. The Hall–Kier alpha value is -1.06. The molecule has 0 aliphatic carbocycles. The van der Waals surface area contributed by atoms with E-state index in [4.69, 9.17) is 23.6 Å². The van der Waals surface area contributed by atoms with Crippen LogP contribution in [-0.4, -0.2) is 66.3 Å². The molecule has 0 spiro atoms. The molecule has 0 fully saturated rings. The Morgan fingerprint density at radius 1 is 0.517 bits per heavy atom. The Morgan fingerprint density at radius 2 is 0.900 bits per heavy atom. The molecule has 0 heterocycles. The van der Waals surface area contributed by atoms with Crippen LogP contribution in [0.15, 0.2) is 24.3 Å². The first kappa shape index (κ1) is 58.9. The van der Waals surface area contributed by atoms with Crippen molar-refractivity contribution in [3.05, 3.63) is 24.3 Å². The minimum Gasteiger partial charge on any atom is -0.457 e. The van der Waals surface area contributed by atoms with Crippen LogP contribution in [-0.2, 0) is 27.9 Å². The number of hydrogen-bond donors (Lipinski definition) is 3. The molecule has 0 aromatic carbocycles. The van der Waals surface area contributed by atoms with Gasteiger partial charge in [0, 0.05) is 13.0 Å². The smallest absolute Gasteiger partial charge is 0.457 e. The number of aliphatic hydroxyl groups is 2. The number of phosphoric ester groups is 1. The van der Waals surface area contributed by atoms with E-state index in [0.717, 1.165) is 51.4 Å². The summed E-state index contributed by atoms with van der Waals surface area (Å²) in [5, 5.41) is 18.4. The third kappa shape index (κ3) is 46.4. The lowest BCUT2D eigenvalue weighted by molar-refractivity contribution is -0.154. The van der Waals surface area contributed by atoms with E-state index in [1.807, 2.05) is 0 Å². The van der Waals surface area contributed by atoms with E-state index in [1.54, 1.807) is 0 Å². The van der Waals surface area contributed by atoms with Crippen LogP contribution in [0, 0.1) is 0 Å². The van der Waals surface area contributed by atoms with Crippen LogP contribution < -0.4 is 0 Å². The van der Waals surface area contributed by atoms with Crippen molar-refractivity contribution in [1.29, 1.82) is 0 Å². The molecular weight excluding hydrogens is 776 g/mol. The van der Waals surface area contributed by atoms with Gasteiger partial charge in [0.25, 0.3) is 0 Å². The van der Waals surface area contributed by atoms with Gasteiger partial charge in [0.15, 0.2) is 0 Å². The summed E-state index contributed by atoms with van der Waals surface area (Å²) in [7, 11) is -4.52. The molecule has 0 aromatic heterocycles. The van der Waals surface area contributed by atoms with E-state index >= 15 is 0 Å². The molecule has 0 rings (SSSR count). The normalized spacial score (nSPS) is 14.0. The number of unbranched alkanes of at least 4 members (excludes halogenated alkanes) is 31. The molecule has 0 aliphatic heterocycles. The summed E-state index contributed by atoms with van der Waals surface area (Å²) in [6.45, 7) is 3.54. The molecule has 3 atom stereocenters. The van der Waals surface area contributed by atoms with Crippen molar-refractivity contribution in [3.8, 4) is 0 Å². The maximum absolute atomic E-state index is 12.7.